The fraction of sp³-hybridized carbons (Fsp3) is 0.259. The van der Waals surface area contributed by atoms with Crippen LogP contribution in [0, 0.1) is 0 Å². The first-order valence-electron chi connectivity index (χ1n) is 11.9. The lowest BCUT2D eigenvalue weighted by Crippen LogP contribution is -2.53. The van der Waals surface area contributed by atoms with Crippen LogP contribution < -0.4 is 21.7 Å². The van der Waals surface area contributed by atoms with Crippen molar-refractivity contribution in [2.75, 3.05) is 5.32 Å². The number of halogens is 1. The number of nitrogens with two attached hydrogens (primary N) is 1. The van der Waals surface area contributed by atoms with Gasteiger partial charge < -0.3 is 21.7 Å². The third-order valence-corrected chi connectivity index (χ3v) is 6.88. The van der Waals surface area contributed by atoms with E-state index in [0.717, 1.165) is 22.9 Å². The lowest BCUT2D eigenvalue weighted by molar-refractivity contribution is -0.128. The summed E-state index contributed by atoms with van der Waals surface area (Å²) >= 11 is 4.72. The van der Waals surface area contributed by atoms with Gasteiger partial charge in [-0.3, -0.25) is 19.2 Å². The summed E-state index contributed by atoms with van der Waals surface area (Å²) in [5.41, 5.74) is 7.81. The van der Waals surface area contributed by atoms with Gasteiger partial charge in [-0.25, -0.2) is 0 Å². The van der Waals surface area contributed by atoms with E-state index in [1.807, 2.05) is 6.92 Å². The number of nitrogens with one attached hydrogen (secondary N) is 3. The van der Waals surface area contributed by atoms with Crippen LogP contribution in [-0.4, -0.2) is 35.7 Å². The molecular formula is C27H29BrN4O4S. The number of rotatable bonds is 12. The van der Waals surface area contributed by atoms with Crippen LogP contribution in [0.5, 0.6) is 0 Å². The molecule has 0 radical (unpaired) electrons. The number of unbranched alkanes of at least 4 members (excludes halogenated alkanes) is 1. The van der Waals surface area contributed by atoms with E-state index < -0.39 is 23.9 Å². The molecule has 4 amide bonds. The number of anilines is 1. The third kappa shape index (κ3) is 8.54. The molecule has 3 rings (SSSR count). The summed E-state index contributed by atoms with van der Waals surface area (Å²) in [4.78, 5) is 50.2. The Morgan fingerprint density at radius 2 is 1.59 bits per heavy atom. The van der Waals surface area contributed by atoms with Gasteiger partial charge >= 0.3 is 0 Å². The summed E-state index contributed by atoms with van der Waals surface area (Å²) in [6, 6.07) is 13.9. The summed E-state index contributed by atoms with van der Waals surface area (Å²) in [6.07, 6.45) is 2.19. The van der Waals surface area contributed by atoms with E-state index in [1.165, 1.54) is 11.3 Å². The molecular weight excluding hydrogens is 556 g/mol. The van der Waals surface area contributed by atoms with Crippen LogP contribution in [0.3, 0.4) is 0 Å². The first-order valence-corrected chi connectivity index (χ1v) is 13.6. The van der Waals surface area contributed by atoms with Crippen molar-refractivity contribution in [2.24, 2.45) is 5.73 Å². The molecule has 10 heteroatoms. The zero-order valence-electron chi connectivity index (χ0n) is 20.3. The zero-order valence-corrected chi connectivity index (χ0v) is 22.7. The summed E-state index contributed by atoms with van der Waals surface area (Å²) in [7, 11) is 0. The van der Waals surface area contributed by atoms with Crippen LogP contribution >= 0.6 is 27.3 Å². The van der Waals surface area contributed by atoms with Crippen molar-refractivity contribution < 1.29 is 19.2 Å². The number of carbonyl (C=O) groups excluding carboxylic acids is 4. The molecule has 0 aliphatic heterocycles. The van der Waals surface area contributed by atoms with Gasteiger partial charge in [-0.05, 0) is 59.8 Å². The van der Waals surface area contributed by atoms with Crippen LogP contribution in [0.15, 0.2) is 69.8 Å². The maximum absolute atomic E-state index is 13.1. The largest absolute Gasteiger partial charge is 0.368 e. The van der Waals surface area contributed by atoms with Crippen LogP contribution in [-0.2, 0) is 16.0 Å². The van der Waals surface area contributed by atoms with E-state index in [9.17, 15) is 19.2 Å². The van der Waals surface area contributed by atoms with Gasteiger partial charge in [-0.15, -0.1) is 0 Å². The van der Waals surface area contributed by atoms with Gasteiger partial charge in [-0.1, -0.05) is 47.8 Å². The van der Waals surface area contributed by atoms with Gasteiger partial charge in [0.25, 0.3) is 11.8 Å². The zero-order chi connectivity index (χ0) is 26.8. The van der Waals surface area contributed by atoms with Crippen molar-refractivity contribution in [3.63, 3.8) is 0 Å². The number of thiophene rings is 1. The van der Waals surface area contributed by atoms with E-state index in [2.05, 4.69) is 31.9 Å². The molecule has 0 spiro atoms. The molecule has 3 aromatic rings. The molecule has 1 heterocycles. The number of hydrogen-bond acceptors (Lipinski definition) is 5. The highest BCUT2D eigenvalue weighted by Crippen LogP contribution is 2.16. The lowest BCUT2D eigenvalue weighted by atomic mass is 10.0. The second kappa shape index (κ2) is 13.7. The molecule has 0 aliphatic carbocycles. The molecule has 0 bridgehead atoms. The first kappa shape index (κ1) is 28.1. The number of amides is 4. The average molecular weight is 586 g/mol. The summed E-state index contributed by atoms with van der Waals surface area (Å²) in [6.45, 7) is 1.98. The quantitative estimate of drug-likeness (QED) is 0.253. The summed E-state index contributed by atoms with van der Waals surface area (Å²) < 4.78 is 0.880. The van der Waals surface area contributed by atoms with Crippen LogP contribution in [0.4, 0.5) is 5.69 Å². The fourth-order valence-electron chi connectivity index (χ4n) is 3.58. The maximum atomic E-state index is 13.1. The molecule has 0 aliphatic rings. The molecule has 2 atom stereocenters. The smallest absolute Gasteiger partial charge is 0.255 e. The molecule has 0 saturated heterocycles. The SMILES string of the molecule is CCCC[C@H](NC(=O)[C@H](Cc1ccc(NC(=O)c2ccc(Br)cc2)cc1)NC(=O)c1ccsc1)C(N)=O. The maximum Gasteiger partial charge on any atom is 0.255 e. The second-order valence-corrected chi connectivity index (χ2v) is 10.2. The average Bonchev–Trinajstić information content (AvgIpc) is 3.42. The Morgan fingerprint density at radius 1 is 0.892 bits per heavy atom. The van der Waals surface area contributed by atoms with Crippen molar-refractivity contribution in [2.45, 2.75) is 44.7 Å². The van der Waals surface area contributed by atoms with E-state index in [-0.39, 0.29) is 18.2 Å². The first-order chi connectivity index (χ1) is 17.8. The van der Waals surface area contributed by atoms with Crippen molar-refractivity contribution >= 4 is 56.6 Å². The Bertz CT molecular complexity index is 1210. The topological polar surface area (TPSA) is 130 Å². The number of hydrogen-bond donors (Lipinski definition) is 4. The Labute approximate surface area is 228 Å². The van der Waals surface area contributed by atoms with Gasteiger partial charge in [0.1, 0.15) is 12.1 Å². The van der Waals surface area contributed by atoms with Gasteiger partial charge in [0.05, 0.1) is 5.56 Å². The Balaban J connectivity index is 1.71. The van der Waals surface area contributed by atoms with Crippen LogP contribution in [0.1, 0.15) is 52.5 Å². The molecule has 0 fully saturated rings. The lowest BCUT2D eigenvalue weighted by Gasteiger charge is -2.22. The predicted molar refractivity (Wildman–Crippen MR) is 148 cm³/mol. The highest BCUT2D eigenvalue weighted by molar-refractivity contribution is 9.10. The Hall–Kier alpha value is -3.50. The van der Waals surface area contributed by atoms with Crippen molar-refractivity contribution in [3.05, 3.63) is 86.5 Å². The minimum atomic E-state index is -0.931. The van der Waals surface area contributed by atoms with Gasteiger partial charge in [0.15, 0.2) is 0 Å². The van der Waals surface area contributed by atoms with Gasteiger partial charge in [0.2, 0.25) is 11.8 Å². The van der Waals surface area contributed by atoms with Crippen LogP contribution in [0.25, 0.3) is 0 Å². The molecule has 5 N–H and O–H groups in total. The van der Waals surface area contributed by atoms with Crippen molar-refractivity contribution in [3.8, 4) is 0 Å². The highest BCUT2D eigenvalue weighted by atomic mass is 79.9. The highest BCUT2D eigenvalue weighted by Gasteiger charge is 2.26. The monoisotopic (exact) mass is 584 g/mol. The predicted octanol–water partition coefficient (Wildman–Crippen LogP) is 4.26. The van der Waals surface area contributed by atoms with Crippen molar-refractivity contribution in [1.82, 2.24) is 10.6 Å². The Morgan fingerprint density at radius 3 is 2.19 bits per heavy atom. The van der Waals surface area contributed by atoms with E-state index in [4.69, 9.17) is 5.73 Å². The summed E-state index contributed by atoms with van der Waals surface area (Å²) in [5, 5.41) is 11.8. The summed E-state index contributed by atoms with van der Waals surface area (Å²) in [5.74, 6) is -1.74. The molecule has 0 unspecified atom stereocenters. The van der Waals surface area contributed by atoms with E-state index in [1.54, 1.807) is 65.4 Å². The molecule has 1 aromatic heterocycles. The number of carbonyl (C=O) groups is 4. The number of benzene rings is 2. The minimum absolute atomic E-state index is 0.182. The second-order valence-electron chi connectivity index (χ2n) is 8.51. The normalized spacial score (nSPS) is 12.3. The fourth-order valence-corrected chi connectivity index (χ4v) is 4.48. The molecule has 194 valence electrons. The van der Waals surface area contributed by atoms with Gasteiger partial charge in [-0.2, -0.15) is 11.3 Å². The van der Waals surface area contributed by atoms with E-state index >= 15 is 0 Å². The third-order valence-electron chi connectivity index (χ3n) is 5.67. The molecule has 2 aromatic carbocycles. The standard InChI is InChI=1S/C27H29BrN4O4S/c1-2-3-4-22(24(29)33)31-27(36)23(32-26(35)19-13-14-37-16-19)15-17-5-11-21(12-6-17)30-25(34)18-7-9-20(28)10-8-18/h5-14,16,22-23H,2-4,15H2,1H3,(H2,29,33)(H,30,34)(H,31,36)(H,32,35)/t22-,23-/m0/s1. The Kier molecular flexibility index (Phi) is 10.4. The number of primary amides is 1. The molecule has 37 heavy (non-hydrogen) atoms. The van der Waals surface area contributed by atoms with Crippen LogP contribution in [0.2, 0.25) is 0 Å². The van der Waals surface area contributed by atoms with Gasteiger partial charge in [0, 0.05) is 27.5 Å². The van der Waals surface area contributed by atoms with E-state index in [0.29, 0.717) is 23.2 Å². The van der Waals surface area contributed by atoms with Crippen molar-refractivity contribution in [1.29, 1.82) is 0 Å². The molecule has 0 saturated carbocycles. The molecule has 8 nitrogen and oxygen atoms in total. The minimum Gasteiger partial charge on any atom is -0.368 e.